The second kappa shape index (κ2) is 7.39. The molecule has 3 rings (SSSR count). The number of fused-ring (bicyclic) bond motifs is 1. The summed E-state index contributed by atoms with van der Waals surface area (Å²) in [5, 5.41) is 0.429. The standard InChI is InChI=1S/C20H24ClN3O4/c1-20(2,3)28-19(26)23-9-10-24-14(11-23)16(18(22)25)15(17(24)21)12-5-7-13(27-4)8-6-12/h5-8H,9-11H2,1-4H3,(H2,22,25). The summed E-state index contributed by atoms with van der Waals surface area (Å²) >= 11 is 6.62. The average molecular weight is 406 g/mol. The zero-order valence-corrected chi connectivity index (χ0v) is 17.2. The van der Waals surface area contributed by atoms with Crippen molar-refractivity contribution < 1.29 is 19.1 Å². The van der Waals surface area contributed by atoms with Gasteiger partial charge in [0.15, 0.2) is 0 Å². The molecule has 0 saturated heterocycles. The van der Waals surface area contributed by atoms with Crippen LogP contribution in [0.4, 0.5) is 4.79 Å². The minimum atomic E-state index is -0.602. The Labute approximate surface area is 169 Å². The first-order valence-corrected chi connectivity index (χ1v) is 9.33. The maximum atomic E-state index is 12.5. The van der Waals surface area contributed by atoms with Crippen LogP contribution in [0, 0.1) is 0 Å². The van der Waals surface area contributed by atoms with Crippen LogP contribution in [0.25, 0.3) is 11.1 Å². The minimum absolute atomic E-state index is 0.197. The van der Waals surface area contributed by atoms with Crippen LogP contribution in [0.3, 0.4) is 0 Å². The maximum absolute atomic E-state index is 12.5. The molecule has 0 radical (unpaired) electrons. The molecule has 2 heterocycles. The molecule has 0 aliphatic carbocycles. The molecule has 1 aliphatic heterocycles. The molecule has 1 aromatic carbocycles. The summed E-state index contributed by atoms with van der Waals surface area (Å²) < 4.78 is 12.5. The Morgan fingerprint density at radius 2 is 1.79 bits per heavy atom. The Kier molecular flexibility index (Phi) is 5.30. The van der Waals surface area contributed by atoms with Gasteiger partial charge in [0, 0.05) is 18.7 Å². The van der Waals surface area contributed by atoms with Crippen LogP contribution in [0.15, 0.2) is 24.3 Å². The number of carbonyl (C=O) groups excluding carboxylic acids is 2. The first-order valence-electron chi connectivity index (χ1n) is 8.95. The SMILES string of the molecule is COc1ccc(-c2c(C(N)=O)c3n(c2Cl)CCN(C(=O)OC(C)(C)C)C3)cc1. The summed E-state index contributed by atoms with van der Waals surface area (Å²) in [6, 6.07) is 7.23. The van der Waals surface area contributed by atoms with Gasteiger partial charge in [-0.1, -0.05) is 23.7 Å². The van der Waals surface area contributed by atoms with Gasteiger partial charge in [-0.25, -0.2) is 4.79 Å². The lowest BCUT2D eigenvalue weighted by Crippen LogP contribution is -2.42. The lowest BCUT2D eigenvalue weighted by Gasteiger charge is -2.31. The van der Waals surface area contributed by atoms with Gasteiger partial charge < -0.3 is 24.7 Å². The largest absolute Gasteiger partial charge is 0.497 e. The van der Waals surface area contributed by atoms with E-state index in [-0.39, 0.29) is 6.54 Å². The number of carbonyl (C=O) groups is 2. The maximum Gasteiger partial charge on any atom is 0.410 e. The third kappa shape index (κ3) is 3.80. The number of nitrogens with zero attached hydrogens (tertiary/aromatic N) is 2. The molecular weight excluding hydrogens is 382 g/mol. The van der Waals surface area contributed by atoms with E-state index in [1.165, 1.54) is 0 Å². The molecule has 28 heavy (non-hydrogen) atoms. The molecule has 0 atom stereocenters. The molecule has 7 nitrogen and oxygen atoms in total. The van der Waals surface area contributed by atoms with Gasteiger partial charge in [-0.2, -0.15) is 0 Å². The van der Waals surface area contributed by atoms with Gasteiger partial charge in [-0.05, 0) is 38.5 Å². The fraction of sp³-hybridized carbons (Fsp3) is 0.400. The second-order valence-electron chi connectivity index (χ2n) is 7.63. The third-order valence-electron chi connectivity index (χ3n) is 4.52. The van der Waals surface area contributed by atoms with E-state index < -0.39 is 17.6 Å². The molecule has 0 saturated carbocycles. The molecule has 150 valence electrons. The summed E-state index contributed by atoms with van der Waals surface area (Å²) in [5.74, 6) is 0.105. The Morgan fingerprint density at radius 3 is 2.32 bits per heavy atom. The van der Waals surface area contributed by atoms with Crippen molar-refractivity contribution in [1.29, 1.82) is 0 Å². The molecule has 8 heteroatoms. The Balaban J connectivity index is 2.02. The van der Waals surface area contributed by atoms with E-state index in [0.717, 1.165) is 5.56 Å². The van der Waals surface area contributed by atoms with Crippen molar-refractivity contribution in [3.05, 3.63) is 40.7 Å². The van der Waals surface area contributed by atoms with E-state index in [0.29, 0.717) is 40.8 Å². The van der Waals surface area contributed by atoms with E-state index in [4.69, 9.17) is 26.8 Å². The summed E-state index contributed by atoms with van der Waals surface area (Å²) in [6.07, 6.45) is -0.433. The zero-order valence-electron chi connectivity index (χ0n) is 16.4. The van der Waals surface area contributed by atoms with E-state index >= 15 is 0 Å². The van der Waals surface area contributed by atoms with Crippen molar-refractivity contribution in [1.82, 2.24) is 9.47 Å². The molecule has 0 unspecified atom stereocenters. The molecule has 1 aliphatic rings. The van der Waals surface area contributed by atoms with Gasteiger partial charge in [0.05, 0.1) is 24.9 Å². The van der Waals surface area contributed by atoms with E-state index in [1.807, 2.05) is 37.5 Å². The van der Waals surface area contributed by atoms with Crippen LogP contribution in [0.2, 0.25) is 5.15 Å². The summed E-state index contributed by atoms with van der Waals surface area (Å²) in [6.45, 7) is 6.50. The molecule has 1 aromatic heterocycles. The summed E-state index contributed by atoms with van der Waals surface area (Å²) in [4.78, 5) is 26.3. The number of primary amides is 1. The predicted octanol–water partition coefficient (Wildman–Crippen LogP) is 3.67. The number of halogens is 1. The predicted molar refractivity (Wildman–Crippen MR) is 107 cm³/mol. The van der Waals surface area contributed by atoms with Crippen molar-refractivity contribution in [2.24, 2.45) is 5.73 Å². The van der Waals surface area contributed by atoms with Crippen LogP contribution >= 0.6 is 11.6 Å². The van der Waals surface area contributed by atoms with Gasteiger partial charge >= 0.3 is 6.09 Å². The van der Waals surface area contributed by atoms with Crippen LogP contribution in [-0.2, 0) is 17.8 Å². The first-order chi connectivity index (χ1) is 13.1. The number of hydrogen-bond acceptors (Lipinski definition) is 4. The first kappa shape index (κ1) is 20.1. The van der Waals surface area contributed by atoms with Gasteiger partial charge in [0.1, 0.15) is 16.5 Å². The monoisotopic (exact) mass is 405 g/mol. The van der Waals surface area contributed by atoms with E-state index in [9.17, 15) is 9.59 Å². The van der Waals surface area contributed by atoms with E-state index in [2.05, 4.69) is 0 Å². The number of amides is 2. The van der Waals surface area contributed by atoms with Crippen molar-refractivity contribution in [3.63, 3.8) is 0 Å². The Hall–Kier alpha value is -2.67. The van der Waals surface area contributed by atoms with E-state index in [1.54, 1.807) is 24.1 Å². The zero-order chi connectivity index (χ0) is 20.6. The van der Waals surface area contributed by atoms with Crippen LogP contribution in [0.5, 0.6) is 5.75 Å². The second-order valence-corrected chi connectivity index (χ2v) is 7.99. The summed E-state index contributed by atoms with van der Waals surface area (Å²) in [5.41, 5.74) is 7.35. The number of hydrogen-bond donors (Lipinski definition) is 1. The third-order valence-corrected chi connectivity index (χ3v) is 4.91. The van der Waals surface area contributed by atoms with Crippen molar-refractivity contribution >= 4 is 23.6 Å². The number of rotatable bonds is 3. The summed E-state index contributed by atoms with van der Waals surface area (Å²) in [7, 11) is 1.58. The fourth-order valence-corrected chi connectivity index (χ4v) is 3.67. The molecule has 2 aromatic rings. The average Bonchev–Trinajstić information content (AvgIpc) is 2.92. The number of benzene rings is 1. The highest BCUT2D eigenvalue weighted by atomic mass is 35.5. The number of ether oxygens (including phenoxy) is 2. The molecule has 0 spiro atoms. The highest BCUT2D eigenvalue weighted by Gasteiger charge is 2.33. The number of aromatic nitrogens is 1. The van der Waals surface area contributed by atoms with Crippen LogP contribution in [0.1, 0.15) is 36.8 Å². The molecule has 2 N–H and O–H groups in total. The van der Waals surface area contributed by atoms with Crippen molar-refractivity contribution in [2.45, 2.75) is 39.5 Å². The van der Waals surface area contributed by atoms with Crippen LogP contribution in [-0.4, -0.2) is 40.7 Å². The topological polar surface area (TPSA) is 86.8 Å². The van der Waals surface area contributed by atoms with Gasteiger partial charge in [-0.15, -0.1) is 0 Å². The van der Waals surface area contributed by atoms with Gasteiger partial charge in [-0.3, -0.25) is 4.79 Å². The lowest BCUT2D eigenvalue weighted by molar-refractivity contribution is 0.0198. The van der Waals surface area contributed by atoms with Crippen LogP contribution < -0.4 is 10.5 Å². The molecule has 2 amide bonds. The fourth-order valence-electron chi connectivity index (χ4n) is 3.28. The van der Waals surface area contributed by atoms with Gasteiger partial charge in [0.2, 0.25) is 0 Å². The Bertz CT molecular complexity index is 913. The molecular formula is C20H24ClN3O4. The smallest absolute Gasteiger partial charge is 0.410 e. The highest BCUT2D eigenvalue weighted by Crippen LogP contribution is 2.38. The molecule has 0 fully saturated rings. The van der Waals surface area contributed by atoms with Crippen molar-refractivity contribution in [2.75, 3.05) is 13.7 Å². The van der Waals surface area contributed by atoms with Crippen molar-refractivity contribution in [3.8, 4) is 16.9 Å². The highest BCUT2D eigenvalue weighted by molar-refractivity contribution is 6.33. The number of methoxy groups -OCH3 is 1. The quantitative estimate of drug-likeness (QED) is 0.844. The Morgan fingerprint density at radius 1 is 1.14 bits per heavy atom. The minimum Gasteiger partial charge on any atom is -0.497 e. The number of nitrogens with two attached hydrogens (primary N) is 1. The van der Waals surface area contributed by atoms with Gasteiger partial charge in [0.25, 0.3) is 5.91 Å². The normalized spacial score (nSPS) is 13.8. The molecule has 0 bridgehead atoms. The lowest BCUT2D eigenvalue weighted by atomic mass is 10.0.